The molecule has 0 spiro atoms. The largest absolute Gasteiger partial charge is 0.415 e. The van der Waals surface area contributed by atoms with E-state index in [2.05, 4.69) is 12.2 Å². The Morgan fingerprint density at radius 3 is 2.29 bits per heavy atom. The molecule has 0 aliphatic carbocycles. The third-order valence-electron chi connectivity index (χ3n) is 8.23. The monoisotopic (exact) mass is 582 g/mol. The van der Waals surface area contributed by atoms with E-state index in [1.807, 2.05) is 0 Å². The standard InChI is InChI=1S/C30H50N2O9/c1-3-4-5-6-7-8-9-10-11-12-13-15-21(40-29-28(37)27(36)26(35)20(2)39-29)18-24(33)31-25(34)19-23-22-16-14-17-32(22)30(38)41-23/h19-22,26-29,35-37H,3-18H2,1-2H3,(H,31,33,34)/b23-19+/t20-,21-,22-,26+,27+,28-,29+/m1/s1. The van der Waals surface area contributed by atoms with Crippen molar-refractivity contribution in [2.45, 2.75) is 153 Å². The van der Waals surface area contributed by atoms with Gasteiger partial charge in [-0.2, -0.15) is 0 Å². The SMILES string of the molecule is CCCCCCCCCCCCC[C@H](CC(=O)NC(=O)/C=C1/OC(=O)N2CCC[C@H]12)O[C@@H]1O[C@H](C)[C@H](O)[C@H](O)[C@H]1O. The summed E-state index contributed by atoms with van der Waals surface area (Å²) in [5, 5.41) is 32.9. The summed E-state index contributed by atoms with van der Waals surface area (Å²) in [4.78, 5) is 38.8. The summed E-state index contributed by atoms with van der Waals surface area (Å²) in [5.41, 5.74) is 0. The van der Waals surface area contributed by atoms with E-state index >= 15 is 0 Å². The number of imide groups is 1. The third kappa shape index (κ3) is 10.3. The molecule has 3 saturated heterocycles. The van der Waals surface area contributed by atoms with Crippen molar-refractivity contribution in [2.24, 2.45) is 0 Å². The third-order valence-corrected chi connectivity index (χ3v) is 8.23. The first-order valence-electron chi connectivity index (χ1n) is 15.6. The van der Waals surface area contributed by atoms with Crippen LogP contribution in [0.2, 0.25) is 0 Å². The van der Waals surface area contributed by atoms with Gasteiger partial charge in [-0.05, 0) is 26.2 Å². The summed E-state index contributed by atoms with van der Waals surface area (Å²) >= 11 is 0. The van der Waals surface area contributed by atoms with Gasteiger partial charge in [-0.25, -0.2) is 4.79 Å². The van der Waals surface area contributed by atoms with E-state index in [0.717, 1.165) is 38.2 Å². The number of carbonyl (C=O) groups excluding carboxylic acids is 3. The van der Waals surface area contributed by atoms with Crippen LogP contribution in [0.25, 0.3) is 0 Å². The highest BCUT2D eigenvalue weighted by atomic mass is 16.7. The number of cyclic esters (lactones) is 1. The van der Waals surface area contributed by atoms with Crippen molar-refractivity contribution in [2.75, 3.05) is 6.54 Å². The van der Waals surface area contributed by atoms with Crippen molar-refractivity contribution in [3.63, 3.8) is 0 Å². The van der Waals surface area contributed by atoms with Crippen molar-refractivity contribution in [1.29, 1.82) is 0 Å². The van der Waals surface area contributed by atoms with Crippen LogP contribution in [-0.2, 0) is 23.8 Å². The van der Waals surface area contributed by atoms with Crippen molar-refractivity contribution in [3.05, 3.63) is 11.8 Å². The van der Waals surface area contributed by atoms with E-state index in [0.29, 0.717) is 19.4 Å². The summed E-state index contributed by atoms with van der Waals surface area (Å²) in [6.07, 6.45) is 8.55. The van der Waals surface area contributed by atoms with E-state index < -0.39 is 54.7 Å². The Labute approximate surface area is 243 Å². The van der Waals surface area contributed by atoms with Gasteiger partial charge in [0.05, 0.1) is 24.7 Å². The number of nitrogens with one attached hydrogen (secondary N) is 1. The topological polar surface area (TPSA) is 155 Å². The van der Waals surface area contributed by atoms with Crippen molar-refractivity contribution in [3.8, 4) is 0 Å². The Morgan fingerprint density at radius 1 is 1.00 bits per heavy atom. The van der Waals surface area contributed by atoms with Gasteiger partial charge < -0.3 is 29.5 Å². The van der Waals surface area contributed by atoms with Gasteiger partial charge >= 0.3 is 6.09 Å². The molecule has 4 N–H and O–H groups in total. The Balaban J connectivity index is 1.47. The summed E-state index contributed by atoms with van der Waals surface area (Å²) in [7, 11) is 0. The second-order valence-electron chi connectivity index (χ2n) is 11.6. The average molecular weight is 583 g/mol. The molecule has 0 aromatic carbocycles. The fourth-order valence-electron chi connectivity index (χ4n) is 5.76. The Bertz CT molecular complexity index is 882. The lowest BCUT2D eigenvalue weighted by Gasteiger charge is -2.40. The molecule has 0 saturated carbocycles. The number of hydrogen-bond acceptors (Lipinski definition) is 9. The van der Waals surface area contributed by atoms with Crippen molar-refractivity contribution >= 4 is 17.9 Å². The molecule has 0 bridgehead atoms. The highest BCUT2D eigenvalue weighted by Crippen LogP contribution is 2.31. The Hall–Kier alpha value is -2.05. The number of amides is 3. The molecule has 3 rings (SSSR count). The van der Waals surface area contributed by atoms with E-state index in [-0.39, 0.29) is 18.2 Å². The molecule has 3 amide bonds. The predicted molar refractivity (Wildman–Crippen MR) is 150 cm³/mol. The molecule has 3 fully saturated rings. The summed E-state index contributed by atoms with van der Waals surface area (Å²) < 4.78 is 16.7. The molecule has 3 heterocycles. The van der Waals surface area contributed by atoms with Gasteiger partial charge in [-0.3, -0.25) is 19.8 Å². The normalized spacial score (nSPS) is 29.4. The van der Waals surface area contributed by atoms with E-state index in [4.69, 9.17) is 14.2 Å². The smallest absolute Gasteiger partial charge is 0.412 e. The zero-order chi connectivity index (χ0) is 29.8. The molecule has 0 radical (unpaired) electrons. The number of fused-ring (bicyclic) bond motifs is 1. The number of ether oxygens (including phenoxy) is 3. The second-order valence-corrected chi connectivity index (χ2v) is 11.6. The van der Waals surface area contributed by atoms with Gasteiger partial charge in [0.1, 0.15) is 24.1 Å². The minimum absolute atomic E-state index is 0.165. The molecule has 7 atom stereocenters. The number of carbonyl (C=O) groups is 3. The van der Waals surface area contributed by atoms with Crippen LogP contribution in [0, 0.1) is 0 Å². The number of aliphatic hydroxyl groups is 3. The Morgan fingerprint density at radius 2 is 1.63 bits per heavy atom. The lowest BCUT2D eigenvalue weighted by molar-refractivity contribution is -0.304. The van der Waals surface area contributed by atoms with Gasteiger partial charge in [0, 0.05) is 12.6 Å². The first kappa shape index (κ1) is 33.5. The van der Waals surface area contributed by atoms with Gasteiger partial charge in [-0.1, -0.05) is 77.6 Å². The minimum atomic E-state index is -1.48. The molecule has 41 heavy (non-hydrogen) atoms. The van der Waals surface area contributed by atoms with Crippen molar-refractivity contribution in [1.82, 2.24) is 10.2 Å². The zero-order valence-electron chi connectivity index (χ0n) is 24.7. The predicted octanol–water partition coefficient (Wildman–Crippen LogP) is 3.43. The molecule has 0 aromatic heterocycles. The first-order chi connectivity index (χ1) is 19.7. The minimum Gasteiger partial charge on any atom is -0.412 e. The summed E-state index contributed by atoms with van der Waals surface area (Å²) in [5.74, 6) is -1.01. The molecular weight excluding hydrogens is 532 g/mol. The van der Waals surface area contributed by atoms with Crippen LogP contribution in [-0.4, -0.2) is 87.5 Å². The molecule has 11 nitrogen and oxygen atoms in total. The van der Waals surface area contributed by atoms with Crippen LogP contribution in [0.5, 0.6) is 0 Å². The molecule has 0 aromatic rings. The maximum Gasteiger partial charge on any atom is 0.415 e. The first-order valence-corrected chi connectivity index (χ1v) is 15.6. The van der Waals surface area contributed by atoms with Crippen LogP contribution in [0.4, 0.5) is 4.79 Å². The number of aliphatic hydroxyl groups excluding tert-OH is 3. The van der Waals surface area contributed by atoms with Crippen LogP contribution >= 0.6 is 0 Å². The zero-order valence-corrected chi connectivity index (χ0v) is 24.7. The fraction of sp³-hybridized carbons (Fsp3) is 0.833. The highest BCUT2D eigenvalue weighted by Gasteiger charge is 2.44. The number of nitrogens with zero attached hydrogens (tertiary/aromatic N) is 1. The lowest BCUT2D eigenvalue weighted by atomic mass is 9.99. The molecule has 3 aliphatic rings. The summed E-state index contributed by atoms with van der Waals surface area (Å²) in [6.45, 7) is 4.37. The molecule has 11 heteroatoms. The highest BCUT2D eigenvalue weighted by molar-refractivity contribution is 6.01. The van der Waals surface area contributed by atoms with Crippen LogP contribution in [0.3, 0.4) is 0 Å². The molecule has 234 valence electrons. The van der Waals surface area contributed by atoms with Gasteiger partial charge in [0.25, 0.3) is 5.91 Å². The average Bonchev–Trinajstić information content (AvgIpc) is 3.53. The number of rotatable bonds is 17. The van der Waals surface area contributed by atoms with E-state index in [9.17, 15) is 29.7 Å². The second kappa shape index (κ2) is 17.2. The molecule has 3 aliphatic heterocycles. The quantitative estimate of drug-likeness (QED) is 0.149. The molecular formula is C30H50N2O9. The fourth-order valence-corrected chi connectivity index (χ4v) is 5.76. The van der Waals surface area contributed by atoms with Gasteiger partial charge in [0.15, 0.2) is 6.29 Å². The number of hydrogen-bond donors (Lipinski definition) is 4. The van der Waals surface area contributed by atoms with E-state index in [1.54, 1.807) is 11.8 Å². The number of unbranched alkanes of at least 4 members (excludes halogenated alkanes) is 10. The van der Waals surface area contributed by atoms with Crippen molar-refractivity contribution < 1.29 is 43.9 Å². The molecule has 0 unspecified atom stereocenters. The van der Waals surface area contributed by atoms with Crippen LogP contribution in [0.15, 0.2) is 11.8 Å². The van der Waals surface area contributed by atoms with E-state index in [1.165, 1.54) is 44.9 Å². The van der Waals surface area contributed by atoms with Gasteiger partial charge in [0.2, 0.25) is 5.91 Å². The van der Waals surface area contributed by atoms with Crippen LogP contribution < -0.4 is 5.32 Å². The maximum absolute atomic E-state index is 12.8. The Kier molecular flexibility index (Phi) is 14.0. The maximum atomic E-state index is 12.8. The van der Waals surface area contributed by atoms with Crippen LogP contribution in [0.1, 0.15) is 110 Å². The summed E-state index contributed by atoms with van der Waals surface area (Å²) in [6, 6.07) is -0.269. The lowest BCUT2D eigenvalue weighted by Crippen LogP contribution is -2.58. The van der Waals surface area contributed by atoms with Gasteiger partial charge in [-0.15, -0.1) is 0 Å².